The first-order valence-electron chi connectivity index (χ1n) is 10.6. The van der Waals surface area contributed by atoms with Crippen molar-refractivity contribution < 1.29 is 8.78 Å². The second-order valence-corrected chi connectivity index (χ2v) is 8.58. The average molecular weight is 469 g/mol. The van der Waals surface area contributed by atoms with Crippen LogP contribution < -0.4 is 0 Å². The Morgan fingerprint density at radius 1 is 1.33 bits per heavy atom. The molecule has 0 unspecified atom stereocenters. The third kappa shape index (κ3) is 4.39. The van der Waals surface area contributed by atoms with Crippen molar-refractivity contribution in [2.24, 2.45) is 4.99 Å². The summed E-state index contributed by atoms with van der Waals surface area (Å²) in [6.07, 6.45) is 7.54. The van der Waals surface area contributed by atoms with Crippen LogP contribution in [0.5, 0.6) is 0 Å². The van der Waals surface area contributed by atoms with Crippen molar-refractivity contribution >= 4 is 29.0 Å². The smallest absolute Gasteiger partial charge is 0.283 e. The molecule has 1 aliphatic carbocycles. The lowest BCUT2D eigenvalue weighted by Gasteiger charge is -2.30. The number of rotatable bonds is 4. The molecule has 0 bridgehead atoms. The fourth-order valence-corrected chi connectivity index (χ4v) is 4.50. The van der Waals surface area contributed by atoms with E-state index in [1.165, 1.54) is 10.7 Å². The van der Waals surface area contributed by atoms with Gasteiger partial charge in [0.05, 0.1) is 11.4 Å². The monoisotopic (exact) mass is 468 g/mol. The van der Waals surface area contributed by atoms with E-state index in [-0.39, 0.29) is 17.1 Å². The number of hydrogen-bond donors (Lipinski definition) is 0. The third-order valence-corrected chi connectivity index (χ3v) is 6.24. The summed E-state index contributed by atoms with van der Waals surface area (Å²) in [5.41, 5.74) is 3.09. The van der Waals surface area contributed by atoms with Gasteiger partial charge in [-0.15, -0.1) is 0 Å². The Morgan fingerprint density at radius 2 is 2.06 bits per heavy atom. The predicted octanol–water partition coefficient (Wildman–Crippen LogP) is 5.32. The van der Waals surface area contributed by atoms with E-state index in [4.69, 9.17) is 11.6 Å². The lowest BCUT2D eigenvalue weighted by molar-refractivity contribution is 0.145. The summed E-state index contributed by atoms with van der Waals surface area (Å²) < 4.78 is 28.8. The molecule has 0 atom stereocenters. The van der Waals surface area contributed by atoms with Crippen molar-refractivity contribution in [3.8, 4) is 6.07 Å². The molecule has 1 fully saturated rings. The maximum atomic E-state index is 13.7. The van der Waals surface area contributed by atoms with Crippen molar-refractivity contribution in [1.82, 2.24) is 19.5 Å². The summed E-state index contributed by atoms with van der Waals surface area (Å²) in [5.74, 6) is 0.0701. The number of aromatic nitrogens is 3. The molecule has 1 aliphatic heterocycles. The van der Waals surface area contributed by atoms with E-state index in [2.05, 4.69) is 33.6 Å². The summed E-state index contributed by atoms with van der Waals surface area (Å²) in [6, 6.07) is 1.88. The second kappa shape index (κ2) is 9.38. The van der Waals surface area contributed by atoms with E-state index >= 15 is 0 Å². The van der Waals surface area contributed by atoms with Crippen LogP contribution in [-0.2, 0) is 0 Å². The highest BCUT2D eigenvalue weighted by molar-refractivity contribution is 6.35. The molecule has 0 radical (unpaired) electrons. The molecule has 0 amide bonds. The van der Waals surface area contributed by atoms with Crippen molar-refractivity contribution in [3.05, 3.63) is 69.8 Å². The lowest BCUT2D eigenvalue weighted by atomic mass is 9.88. The number of piperidine rings is 1. The van der Waals surface area contributed by atoms with Gasteiger partial charge in [-0.2, -0.15) is 10.4 Å². The highest BCUT2D eigenvalue weighted by Gasteiger charge is 2.29. The summed E-state index contributed by atoms with van der Waals surface area (Å²) in [7, 11) is 2.06. The number of nitrogens with zero attached hydrogens (tertiary/aromatic N) is 6. The van der Waals surface area contributed by atoms with Crippen LogP contribution in [0.2, 0.25) is 0 Å². The van der Waals surface area contributed by atoms with Gasteiger partial charge in [0, 0.05) is 34.0 Å². The van der Waals surface area contributed by atoms with E-state index in [1.807, 2.05) is 25.1 Å². The van der Waals surface area contributed by atoms with Crippen LogP contribution in [0.1, 0.15) is 53.4 Å². The molecule has 1 saturated heterocycles. The highest BCUT2D eigenvalue weighted by Crippen LogP contribution is 2.35. The third-order valence-electron chi connectivity index (χ3n) is 6.00. The zero-order valence-corrected chi connectivity index (χ0v) is 19.2. The minimum absolute atomic E-state index is 0.0701. The highest BCUT2D eigenvalue weighted by atomic mass is 35.5. The Morgan fingerprint density at radius 3 is 2.70 bits per heavy atom. The molecule has 2 aromatic rings. The standard InChI is InChI=1S/C24H23ClF2N6/c1-4-29-20-12-17(25)6-5-16(20)11-18-14(2)30-24-19(13-28)21(23(26)27)31-33(24)22(18)15-7-9-32(3)10-8-15/h4-6,11-12,15,23H,1,7-10H2,2-3H3/b16-11+,29-20?. The van der Waals surface area contributed by atoms with Crippen LogP contribution in [0, 0.1) is 18.3 Å². The first-order chi connectivity index (χ1) is 15.8. The van der Waals surface area contributed by atoms with E-state index in [9.17, 15) is 14.0 Å². The molecule has 33 heavy (non-hydrogen) atoms. The summed E-state index contributed by atoms with van der Waals surface area (Å²) in [6.45, 7) is 7.24. The number of allylic oxidation sites excluding steroid dienone is 5. The van der Waals surface area contributed by atoms with Crippen molar-refractivity contribution in [3.63, 3.8) is 0 Å². The Bertz CT molecular complexity index is 1270. The molecule has 4 rings (SSSR count). The van der Waals surface area contributed by atoms with Crippen molar-refractivity contribution in [2.75, 3.05) is 20.1 Å². The lowest BCUT2D eigenvalue weighted by Crippen LogP contribution is -2.30. The van der Waals surface area contributed by atoms with E-state index in [0.29, 0.717) is 16.4 Å². The largest absolute Gasteiger partial charge is 0.306 e. The molecular formula is C24H23ClF2N6. The molecule has 6 nitrogen and oxygen atoms in total. The van der Waals surface area contributed by atoms with Gasteiger partial charge in [-0.1, -0.05) is 24.3 Å². The Hall–Kier alpha value is -3.15. The van der Waals surface area contributed by atoms with Crippen LogP contribution >= 0.6 is 11.6 Å². The van der Waals surface area contributed by atoms with Crippen molar-refractivity contribution in [1.29, 1.82) is 5.26 Å². The SMILES string of the molecule is C=CN=C1C=C(Cl)C=C/C1=C\c1c(C)nc2c(C#N)c(C(F)F)nn2c1C1CCN(C)CC1. The van der Waals surface area contributed by atoms with Crippen molar-refractivity contribution in [2.45, 2.75) is 32.1 Å². The second-order valence-electron chi connectivity index (χ2n) is 8.14. The van der Waals surface area contributed by atoms with Crippen LogP contribution in [0.25, 0.3) is 11.7 Å². The van der Waals surface area contributed by atoms with Gasteiger partial charge < -0.3 is 4.90 Å². The molecule has 2 aliphatic rings. The maximum absolute atomic E-state index is 13.7. The van der Waals surface area contributed by atoms with Gasteiger partial charge in [0.15, 0.2) is 5.65 Å². The first kappa shape index (κ1) is 23.0. The molecule has 0 spiro atoms. The number of hydrogen-bond acceptors (Lipinski definition) is 5. The average Bonchev–Trinajstić information content (AvgIpc) is 3.15. The summed E-state index contributed by atoms with van der Waals surface area (Å²) >= 11 is 6.16. The molecule has 0 N–H and O–H groups in total. The molecular weight excluding hydrogens is 446 g/mol. The zero-order valence-electron chi connectivity index (χ0n) is 18.4. The van der Waals surface area contributed by atoms with Gasteiger partial charge in [-0.3, -0.25) is 4.99 Å². The minimum atomic E-state index is -2.87. The summed E-state index contributed by atoms with van der Waals surface area (Å²) in [5, 5.41) is 14.3. The van der Waals surface area contributed by atoms with Gasteiger partial charge in [-0.05, 0) is 58.1 Å². The molecule has 0 aromatic carbocycles. The minimum Gasteiger partial charge on any atom is -0.306 e. The summed E-state index contributed by atoms with van der Waals surface area (Å²) in [4.78, 5) is 11.1. The Kier molecular flexibility index (Phi) is 6.54. The number of aliphatic imine (C=N–C) groups is 1. The fraction of sp³-hybridized carbons (Fsp3) is 0.333. The molecule has 0 saturated carbocycles. The normalized spacial score (nSPS) is 20.1. The number of halogens is 3. The molecule has 3 heterocycles. The van der Waals surface area contributed by atoms with Crippen LogP contribution in [0.4, 0.5) is 8.78 Å². The van der Waals surface area contributed by atoms with Crippen LogP contribution in [-0.4, -0.2) is 45.3 Å². The Labute approximate surface area is 195 Å². The number of alkyl halides is 2. The van der Waals surface area contributed by atoms with Crippen LogP contribution in [0.3, 0.4) is 0 Å². The topological polar surface area (TPSA) is 69.6 Å². The van der Waals surface area contributed by atoms with Gasteiger partial charge in [0.1, 0.15) is 17.3 Å². The van der Waals surface area contributed by atoms with E-state index in [0.717, 1.165) is 42.8 Å². The Balaban J connectivity index is 2.00. The number of aryl methyl sites for hydroxylation is 1. The van der Waals surface area contributed by atoms with Gasteiger partial charge in [0.25, 0.3) is 6.43 Å². The molecule has 9 heteroatoms. The van der Waals surface area contributed by atoms with Gasteiger partial charge in [-0.25, -0.2) is 18.3 Å². The van der Waals surface area contributed by atoms with Gasteiger partial charge >= 0.3 is 0 Å². The molecule has 170 valence electrons. The fourth-order valence-electron chi connectivity index (χ4n) is 4.33. The first-order valence-corrected chi connectivity index (χ1v) is 11.0. The maximum Gasteiger partial charge on any atom is 0.283 e. The van der Waals surface area contributed by atoms with Crippen LogP contribution in [0.15, 0.2) is 46.6 Å². The number of nitriles is 1. The number of fused-ring (bicyclic) bond motifs is 1. The van der Waals surface area contributed by atoms with E-state index < -0.39 is 12.1 Å². The van der Waals surface area contributed by atoms with E-state index in [1.54, 1.807) is 12.2 Å². The van der Waals surface area contributed by atoms with Gasteiger partial charge in [0.2, 0.25) is 0 Å². The number of likely N-dealkylation sites (tertiary alicyclic amines) is 1. The zero-order chi connectivity index (χ0) is 23.7. The predicted molar refractivity (Wildman–Crippen MR) is 126 cm³/mol. The quantitative estimate of drug-likeness (QED) is 0.609. The molecule has 2 aromatic heterocycles.